The predicted molar refractivity (Wildman–Crippen MR) is 112 cm³/mol. The fourth-order valence-electron chi connectivity index (χ4n) is 3.59. The van der Waals surface area contributed by atoms with Gasteiger partial charge in [-0.1, -0.05) is 48.9 Å². The molecule has 0 atom stereocenters. The second-order valence-electron chi connectivity index (χ2n) is 7.18. The molecular formula is C24H21N5O. The highest BCUT2D eigenvalue weighted by molar-refractivity contribution is 5.92. The molecule has 1 aromatic heterocycles. The Kier molecular flexibility index (Phi) is 5.87. The van der Waals surface area contributed by atoms with Gasteiger partial charge in [0, 0.05) is 18.5 Å². The van der Waals surface area contributed by atoms with Crippen LogP contribution in [0.15, 0.2) is 54.6 Å². The number of allylic oxidation sites excluding steroid dienone is 1. The molecule has 1 aliphatic rings. The number of aromatic nitrogens is 3. The second kappa shape index (κ2) is 9.07. The Bertz CT molecular complexity index is 1130. The minimum absolute atomic E-state index is 0.280. The van der Waals surface area contributed by atoms with Crippen molar-refractivity contribution in [3.8, 4) is 12.1 Å². The molecule has 3 aromatic rings. The first kappa shape index (κ1) is 19.4. The summed E-state index contributed by atoms with van der Waals surface area (Å²) in [6.45, 7) is 1.09. The highest BCUT2D eigenvalue weighted by atomic mass is 16.5. The Morgan fingerprint density at radius 3 is 2.50 bits per heavy atom. The number of nitrogens with zero attached hydrogens (tertiary/aromatic N) is 5. The summed E-state index contributed by atoms with van der Waals surface area (Å²) in [7, 11) is 0. The van der Waals surface area contributed by atoms with Crippen LogP contribution in [0.25, 0.3) is 11.3 Å². The van der Waals surface area contributed by atoms with Gasteiger partial charge in [0.25, 0.3) is 0 Å². The summed E-state index contributed by atoms with van der Waals surface area (Å²) in [6.07, 6.45) is 4.15. The molecule has 0 fully saturated rings. The summed E-state index contributed by atoms with van der Waals surface area (Å²) in [5, 5.41) is 27.7. The molecule has 0 amide bonds. The molecular weight excluding hydrogens is 374 g/mol. The number of rotatable bonds is 5. The highest BCUT2D eigenvalue weighted by Gasteiger charge is 2.22. The fraction of sp³-hybridized carbons (Fsp3) is 0.250. The standard InChI is InChI=1S/C24H21N5O/c25-15-18-10-12-19(13-11-18)17-30-23(20-7-3-1-4-8-20)21(16-26)24-28-27-22-9-5-2-6-14-29(22)24/h1,3-4,7-8,10-13H,2,5-6,9,14,17H2/b23-21+. The van der Waals surface area contributed by atoms with Crippen LogP contribution in [0.5, 0.6) is 0 Å². The zero-order valence-electron chi connectivity index (χ0n) is 16.6. The van der Waals surface area contributed by atoms with Crippen LogP contribution < -0.4 is 0 Å². The largest absolute Gasteiger partial charge is 0.487 e. The first-order chi connectivity index (χ1) is 14.8. The quantitative estimate of drug-likeness (QED) is 0.469. The summed E-state index contributed by atoms with van der Waals surface area (Å²) >= 11 is 0. The zero-order valence-corrected chi connectivity index (χ0v) is 16.6. The molecule has 0 saturated carbocycles. The average molecular weight is 395 g/mol. The molecule has 0 bridgehead atoms. The van der Waals surface area contributed by atoms with Crippen LogP contribution in [-0.4, -0.2) is 14.8 Å². The maximum atomic E-state index is 10.1. The molecule has 30 heavy (non-hydrogen) atoms. The third-order valence-corrected chi connectivity index (χ3v) is 5.17. The number of ether oxygens (including phenoxy) is 1. The van der Waals surface area contributed by atoms with Crippen molar-refractivity contribution in [2.45, 2.75) is 38.8 Å². The van der Waals surface area contributed by atoms with Crippen molar-refractivity contribution in [1.29, 1.82) is 10.5 Å². The molecule has 0 unspecified atom stereocenters. The van der Waals surface area contributed by atoms with E-state index in [1.54, 1.807) is 12.1 Å². The average Bonchev–Trinajstić information content (AvgIpc) is 3.04. The van der Waals surface area contributed by atoms with E-state index >= 15 is 0 Å². The minimum atomic E-state index is 0.280. The molecule has 2 heterocycles. The zero-order chi connectivity index (χ0) is 20.8. The van der Waals surface area contributed by atoms with Crippen molar-refractivity contribution in [3.63, 3.8) is 0 Å². The Balaban J connectivity index is 1.74. The molecule has 2 aromatic carbocycles. The summed E-state index contributed by atoms with van der Waals surface area (Å²) in [6, 6.07) is 21.3. The van der Waals surface area contributed by atoms with Gasteiger partial charge in [0.1, 0.15) is 29.8 Å². The van der Waals surface area contributed by atoms with Crippen LogP contribution in [0.2, 0.25) is 0 Å². The minimum Gasteiger partial charge on any atom is -0.487 e. The number of nitriles is 2. The molecule has 6 nitrogen and oxygen atoms in total. The smallest absolute Gasteiger partial charge is 0.178 e. The molecule has 6 heteroatoms. The van der Waals surface area contributed by atoms with E-state index in [9.17, 15) is 5.26 Å². The van der Waals surface area contributed by atoms with Crippen LogP contribution in [0.1, 0.15) is 47.6 Å². The number of hydrogen-bond donors (Lipinski definition) is 0. The monoisotopic (exact) mass is 395 g/mol. The van der Waals surface area contributed by atoms with Crippen molar-refractivity contribution in [2.75, 3.05) is 0 Å². The van der Waals surface area contributed by atoms with E-state index in [1.807, 2.05) is 42.5 Å². The van der Waals surface area contributed by atoms with E-state index in [4.69, 9.17) is 10.00 Å². The van der Waals surface area contributed by atoms with E-state index in [-0.39, 0.29) is 6.61 Å². The lowest BCUT2D eigenvalue weighted by atomic mass is 10.1. The summed E-state index contributed by atoms with van der Waals surface area (Å²) < 4.78 is 8.24. The van der Waals surface area contributed by atoms with Gasteiger partial charge in [-0.05, 0) is 30.5 Å². The normalized spacial score (nSPS) is 13.9. The molecule has 148 valence electrons. The Hall–Kier alpha value is -3.90. The summed E-state index contributed by atoms with van der Waals surface area (Å²) in [5.74, 6) is 1.98. The van der Waals surface area contributed by atoms with Crippen molar-refractivity contribution >= 4 is 11.3 Å². The maximum absolute atomic E-state index is 10.1. The summed E-state index contributed by atoms with van der Waals surface area (Å²) in [4.78, 5) is 0. The maximum Gasteiger partial charge on any atom is 0.178 e. The SMILES string of the molecule is N#C/C(=C(\OCc1ccc(C#N)cc1)c1ccccc1)c1nnc2n1CCCCC2. The van der Waals surface area contributed by atoms with Crippen LogP contribution in [-0.2, 0) is 24.3 Å². The molecule has 0 aliphatic carbocycles. The lowest BCUT2D eigenvalue weighted by Gasteiger charge is -2.14. The van der Waals surface area contributed by atoms with Gasteiger partial charge in [0.2, 0.25) is 0 Å². The topological polar surface area (TPSA) is 87.5 Å². The lowest BCUT2D eigenvalue weighted by Crippen LogP contribution is -2.07. The number of fused-ring (bicyclic) bond motifs is 1. The molecule has 0 N–H and O–H groups in total. The molecule has 0 spiro atoms. The number of hydrogen-bond acceptors (Lipinski definition) is 5. The van der Waals surface area contributed by atoms with Gasteiger partial charge in [-0.3, -0.25) is 0 Å². The van der Waals surface area contributed by atoms with Crippen molar-refractivity contribution in [3.05, 3.63) is 82.9 Å². The lowest BCUT2D eigenvalue weighted by molar-refractivity contribution is 0.265. The van der Waals surface area contributed by atoms with Crippen LogP contribution in [0.4, 0.5) is 0 Å². The first-order valence-corrected chi connectivity index (χ1v) is 10.0. The first-order valence-electron chi connectivity index (χ1n) is 10.0. The Labute approximate surface area is 175 Å². The third kappa shape index (κ3) is 4.09. The van der Waals surface area contributed by atoms with Gasteiger partial charge in [0.05, 0.1) is 11.6 Å². The molecule has 4 rings (SSSR count). The van der Waals surface area contributed by atoms with Crippen molar-refractivity contribution < 1.29 is 4.74 Å². The van der Waals surface area contributed by atoms with Gasteiger partial charge < -0.3 is 9.30 Å². The van der Waals surface area contributed by atoms with Gasteiger partial charge >= 0.3 is 0 Å². The molecule has 0 saturated heterocycles. The van der Waals surface area contributed by atoms with Crippen LogP contribution in [0, 0.1) is 22.7 Å². The molecule has 1 aliphatic heterocycles. The van der Waals surface area contributed by atoms with Gasteiger partial charge in [-0.15, -0.1) is 10.2 Å². The fourth-order valence-corrected chi connectivity index (χ4v) is 3.59. The van der Waals surface area contributed by atoms with Crippen LogP contribution >= 0.6 is 0 Å². The van der Waals surface area contributed by atoms with Gasteiger partial charge in [0.15, 0.2) is 5.82 Å². The van der Waals surface area contributed by atoms with E-state index in [0.29, 0.717) is 22.7 Å². The van der Waals surface area contributed by atoms with Crippen molar-refractivity contribution in [1.82, 2.24) is 14.8 Å². The second-order valence-corrected chi connectivity index (χ2v) is 7.18. The van der Waals surface area contributed by atoms with E-state index in [2.05, 4.69) is 26.9 Å². The van der Waals surface area contributed by atoms with Crippen LogP contribution in [0.3, 0.4) is 0 Å². The molecule has 0 radical (unpaired) electrons. The van der Waals surface area contributed by atoms with E-state index in [0.717, 1.165) is 49.2 Å². The van der Waals surface area contributed by atoms with Gasteiger partial charge in [-0.2, -0.15) is 10.5 Å². The van der Waals surface area contributed by atoms with E-state index in [1.165, 1.54) is 0 Å². The number of benzene rings is 2. The Morgan fingerprint density at radius 2 is 1.77 bits per heavy atom. The van der Waals surface area contributed by atoms with Crippen molar-refractivity contribution in [2.24, 2.45) is 0 Å². The highest BCUT2D eigenvalue weighted by Crippen LogP contribution is 2.29. The predicted octanol–water partition coefficient (Wildman–Crippen LogP) is 4.48. The summed E-state index contributed by atoms with van der Waals surface area (Å²) in [5.41, 5.74) is 2.71. The Morgan fingerprint density at radius 1 is 0.967 bits per heavy atom. The van der Waals surface area contributed by atoms with Gasteiger partial charge in [-0.25, -0.2) is 0 Å². The number of aryl methyl sites for hydroxylation is 1. The third-order valence-electron chi connectivity index (χ3n) is 5.17. The van der Waals surface area contributed by atoms with E-state index < -0.39 is 0 Å².